The van der Waals surface area contributed by atoms with Gasteiger partial charge in [0.2, 0.25) is 5.88 Å². The first-order chi connectivity index (χ1) is 9.52. The van der Waals surface area contributed by atoms with Crippen LogP contribution in [0, 0.1) is 6.92 Å². The van der Waals surface area contributed by atoms with Gasteiger partial charge < -0.3 is 10.8 Å². The van der Waals surface area contributed by atoms with E-state index in [9.17, 15) is 9.90 Å². The first kappa shape index (κ1) is 12.6. The van der Waals surface area contributed by atoms with Crippen LogP contribution in [-0.4, -0.2) is 16.0 Å². The Balaban J connectivity index is 2.15. The molecule has 0 radical (unpaired) electrons. The van der Waals surface area contributed by atoms with Gasteiger partial charge in [0.15, 0.2) is 5.13 Å². The summed E-state index contributed by atoms with van der Waals surface area (Å²) in [5.74, 6) is -0.509. The standard InChI is InChI=1S/C14H11N3O2S/c1-7-2-3-8-5-9(12(18)16-10(8)4-7)6-11-13(19)17-14(15)20-11/h2-6,19H,1H3,(H2,15,17)/b9-6+. The molecule has 0 unspecified atom stereocenters. The number of amides is 1. The second-order valence-electron chi connectivity index (χ2n) is 4.46. The number of aryl methyl sites for hydroxylation is 1. The Morgan fingerprint density at radius 3 is 2.90 bits per heavy atom. The summed E-state index contributed by atoms with van der Waals surface area (Å²) in [4.78, 5) is 20.2. The SMILES string of the molecule is Cc1ccc2c(c1)=NC(=O)/C(=C/c1sc(N)nc1O)C=2. The van der Waals surface area contributed by atoms with Crippen LogP contribution in [-0.2, 0) is 4.79 Å². The van der Waals surface area contributed by atoms with Crippen LogP contribution in [0.5, 0.6) is 5.88 Å². The minimum Gasteiger partial charge on any atom is -0.492 e. The Morgan fingerprint density at radius 1 is 1.40 bits per heavy atom. The average molecular weight is 285 g/mol. The molecule has 1 aromatic carbocycles. The first-order valence-corrected chi connectivity index (χ1v) is 6.73. The number of carbonyl (C=O) groups excluding carboxylic acids is 1. The summed E-state index contributed by atoms with van der Waals surface area (Å²) in [6.45, 7) is 1.95. The molecule has 0 spiro atoms. The van der Waals surface area contributed by atoms with Gasteiger partial charge in [0.25, 0.3) is 5.91 Å². The third-order valence-corrected chi connectivity index (χ3v) is 3.72. The smallest absolute Gasteiger partial charge is 0.277 e. The van der Waals surface area contributed by atoms with E-state index in [-0.39, 0.29) is 16.9 Å². The van der Waals surface area contributed by atoms with Gasteiger partial charge in [0.1, 0.15) is 0 Å². The fourth-order valence-electron chi connectivity index (χ4n) is 1.96. The molecule has 5 nitrogen and oxygen atoms in total. The third kappa shape index (κ3) is 2.21. The maximum atomic E-state index is 12.0. The summed E-state index contributed by atoms with van der Waals surface area (Å²) >= 11 is 1.12. The van der Waals surface area contributed by atoms with Crippen LogP contribution in [0.3, 0.4) is 0 Å². The number of rotatable bonds is 1. The van der Waals surface area contributed by atoms with E-state index in [1.807, 2.05) is 25.1 Å². The second kappa shape index (κ2) is 4.57. The highest BCUT2D eigenvalue weighted by Gasteiger charge is 2.13. The van der Waals surface area contributed by atoms with Gasteiger partial charge in [-0.25, -0.2) is 4.99 Å². The number of carbonyl (C=O) groups is 1. The number of anilines is 1. The number of aromatic nitrogens is 1. The van der Waals surface area contributed by atoms with Crippen molar-refractivity contribution < 1.29 is 9.90 Å². The normalized spacial score (nSPS) is 15.7. The predicted molar refractivity (Wildman–Crippen MR) is 77.6 cm³/mol. The van der Waals surface area contributed by atoms with Crippen LogP contribution in [0.25, 0.3) is 12.2 Å². The van der Waals surface area contributed by atoms with Gasteiger partial charge >= 0.3 is 0 Å². The molecule has 2 heterocycles. The van der Waals surface area contributed by atoms with E-state index >= 15 is 0 Å². The molecule has 0 aliphatic carbocycles. The van der Waals surface area contributed by atoms with E-state index in [4.69, 9.17) is 5.73 Å². The van der Waals surface area contributed by atoms with E-state index in [0.717, 1.165) is 22.1 Å². The topological polar surface area (TPSA) is 88.6 Å². The molecule has 6 heteroatoms. The van der Waals surface area contributed by atoms with Crippen LogP contribution in [0.4, 0.5) is 5.13 Å². The summed E-state index contributed by atoms with van der Waals surface area (Å²) in [7, 11) is 0. The van der Waals surface area contributed by atoms with Crippen molar-refractivity contribution >= 4 is 34.5 Å². The van der Waals surface area contributed by atoms with Crippen LogP contribution in [0.15, 0.2) is 28.8 Å². The molecule has 2 aromatic rings. The first-order valence-electron chi connectivity index (χ1n) is 5.91. The van der Waals surface area contributed by atoms with Gasteiger partial charge in [-0.05, 0) is 30.7 Å². The van der Waals surface area contributed by atoms with Crippen molar-refractivity contribution in [2.45, 2.75) is 6.92 Å². The zero-order valence-corrected chi connectivity index (χ0v) is 11.4. The van der Waals surface area contributed by atoms with Crippen LogP contribution in [0.1, 0.15) is 10.4 Å². The van der Waals surface area contributed by atoms with Crippen molar-refractivity contribution in [3.05, 3.63) is 44.8 Å². The Hall–Kier alpha value is -2.47. The van der Waals surface area contributed by atoms with Crippen LogP contribution in [0.2, 0.25) is 0 Å². The molecule has 3 N–H and O–H groups in total. The molecule has 100 valence electrons. The lowest BCUT2D eigenvalue weighted by Gasteiger charge is -2.03. The maximum absolute atomic E-state index is 12.0. The molecule has 0 bridgehead atoms. The Labute approximate surface area is 118 Å². The van der Waals surface area contributed by atoms with E-state index in [0.29, 0.717) is 15.8 Å². The molecular formula is C14H11N3O2S. The molecular weight excluding hydrogens is 274 g/mol. The number of fused-ring (bicyclic) bond motifs is 1. The molecule has 3 rings (SSSR count). The van der Waals surface area contributed by atoms with Crippen molar-refractivity contribution in [1.29, 1.82) is 0 Å². The largest absolute Gasteiger partial charge is 0.492 e. The molecule has 0 fully saturated rings. The molecule has 1 aliphatic heterocycles. The molecule has 1 aromatic heterocycles. The summed E-state index contributed by atoms with van der Waals surface area (Å²) in [5, 5.41) is 11.4. The minimum absolute atomic E-state index is 0.170. The molecule has 0 saturated heterocycles. The van der Waals surface area contributed by atoms with Crippen molar-refractivity contribution in [1.82, 2.24) is 4.98 Å². The van der Waals surface area contributed by atoms with Gasteiger partial charge in [-0.3, -0.25) is 4.79 Å². The van der Waals surface area contributed by atoms with Crippen molar-refractivity contribution in [3.63, 3.8) is 0 Å². The summed E-state index contributed by atoms with van der Waals surface area (Å²) < 4.78 is 0. The van der Waals surface area contributed by atoms with Crippen molar-refractivity contribution in [2.75, 3.05) is 5.73 Å². The van der Waals surface area contributed by atoms with Gasteiger partial charge in [-0.2, -0.15) is 4.98 Å². The Kier molecular flexibility index (Phi) is 2.87. The van der Waals surface area contributed by atoms with Gasteiger partial charge in [0, 0.05) is 10.8 Å². The maximum Gasteiger partial charge on any atom is 0.277 e. The van der Waals surface area contributed by atoms with Crippen molar-refractivity contribution in [3.8, 4) is 5.88 Å². The lowest BCUT2D eigenvalue weighted by Crippen LogP contribution is -2.30. The lowest BCUT2D eigenvalue weighted by molar-refractivity contribution is -0.114. The quantitative estimate of drug-likeness (QED) is 0.757. The number of benzene rings is 1. The highest BCUT2D eigenvalue weighted by Crippen LogP contribution is 2.28. The molecule has 20 heavy (non-hydrogen) atoms. The fraction of sp³-hybridized carbons (Fsp3) is 0.0714. The molecule has 0 saturated carbocycles. The zero-order chi connectivity index (χ0) is 14.3. The van der Waals surface area contributed by atoms with E-state index < -0.39 is 0 Å². The predicted octanol–water partition coefficient (Wildman–Crippen LogP) is 0.763. The molecule has 1 aliphatic rings. The van der Waals surface area contributed by atoms with Gasteiger partial charge in [0.05, 0.1) is 10.2 Å². The highest BCUT2D eigenvalue weighted by atomic mass is 32.1. The Morgan fingerprint density at radius 2 is 2.20 bits per heavy atom. The number of thiazole rings is 1. The third-order valence-electron chi connectivity index (χ3n) is 2.90. The Bertz CT molecular complexity index is 865. The number of nitrogens with two attached hydrogens (primary N) is 1. The number of nitrogens with zero attached hydrogens (tertiary/aromatic N) is 2. The van der Waals surface area contributed by atoms with Crippen molar-refractivity contribution in [2.24, 2.45) is 4.99 Å². The number of nitrogen functional groups attached to an aromatic ring is 1. The summed E-state index contributed by atoms with van der Waals surface area (Å²) in [6, 6.07) is 5.73. The van der Waals surface area contributed by atoms with Crippen LogP contribution >= 0.6 is 11.3 Å². The molecule has 0 atom stereocenters. The number of hydrogen-bond acceptors (Lipinski definition) is 5. The molecule has 1 amide bonds. The number of aromatic hydroxyl groups is 1. The van der Waals surface area contributed by atoms with E-state index in [1.165, 1.54) is 0 Å². The van der Waals surface area contributed by atoms with E-state index in [1.54, 1.807) is 12.2 Å². The number of hydrogen-bond donors (Lipinski definition) is 2. The fourth-order valence-corrected chi connectivity index (χ4v) is 2.64. The van der Waals surface area contributed by atoms with Crippen LogP contribution < -0.4 is 16.3 Å². The lowest BCUT2D eigenvalue weighted by atomic mass is 10.1. The zero-order valence-electron chi connectivity index (χ0n) is 10.6. The summed E-state index contributed by atoms with van der Waals surface area (Å²) in [5.41, 5.74) is 6.97. The van der Waals surface area contributed by atoms with E-state index in [2.05, 4.69) is 9.98 Å². The minimum atomic E-state index is -0.338. The van der Waals surface area contributed by atoms with Gasteiger partial charge in [-0.1, -0.05) is 23.5 Å². The highest BCUT2D eigenvalue weighted by molar-refractivity contribution is 7.16. The monoisotopic (exact) mass is 285 g/mol. The average Bonchev–Trinajstić information content (AvgIpc) is 2.69. The second-order valence-corrected chi connectivity index (χ2v) is 5.53. The van der Waals surface area contributed by atoms with Gasteiger partial charge in [-0.15, -0.1) is 0 Å². The summed E-state index contributed by atoms with van der Waals surface area (Å²) in [6.07, 6.45) is 3.30.